The highest BCUT2D eigenvalue weighted by molar-refractivity contribution is 6.42. The zero-order valence-corrected chi connectivity index (χ0v) is 12.5. The molecule has 0 aliphatic rings. The summed E-state index contributed by atoms with van der Waals surface area (Å²) in [5, 5.41) is 14.2. The number of likely N-dealkylation sites (N-methyl/N-ethyl adjacent to an activating group) is 1. The van der Waals surface area contributed by atoms with Crippen molar-refractivity contribution in [1.82, 2.24) is 10.2 Å². The Morgan fingerprint density at radius 1 is 1.33 bits per heavy atom. The molecule has 0 fully saturated rings. The first-order valence-corrected chi connectivity index (χ1v) is 6.67. The lowest BCUT2D eigenvalue weighted by Gasteiger charge is -2.20. The Hall–Kier alpha value is -0.320. The number of hydrogen-bond donors (Lipinski definition) is 2. The molecular formula is C13H20Cl2N2O. The molecule has 0 saturated carbocycles. The van der Waals surface area contributed by atoms with E-state index >= 15 is 0 Å². The number of aliphatic hydroxyl groups excluding tert-OH is 1. The molecule has 0 aromatic heterocycles. The van der Waals surface area contributed by atoms with Crippen LogP contribution in [-0.2, 0) is 0 Å². The lowest BCUT2D eigenvalue weighted by molar-refractivity contribution is 0.132. The maximum Gasteiger partial charge on any atom is 0.0791 e. The van der Waals surface area contributed by atoms with Gasteiger partial charge in [-0.1, -0.05) is 35.3 Å². The van der Waals surface area contributed by atoms with Gasteiger partial charge in [0.15, 0.2) is 0 Å². The molecular weight excluding hydrogens is 271 g/mol. The summed E-state index contributed by atoms with van der Waals surface area (Å²) in [6.07, 6.45) is -0.402. The van der Waals surface area contributed by atoms with E-state index in [1.165, 1.54) is 0 Å². The molecule has 0 spiro atoms. The molecule has 18 heavy (non-hydrogen) atoms. The zero-order chi connectivity index (χ0) is 13.7. The molecule has 0 heterocycles. The second kappa shape index (κ2) is 7.31. The summed E-state index contributed by atoms with van der Waals surface area (Å²) >= 11 is 12.1. The van der Waals surface area contributed by atoms with Gasteiger partial charge in [-0.05, 0) is 32.6 Å². The minimum atomic E-state index is -0.402. The summed E-state index contributed by atoms with van der Waals surface area (Å²) in [6, 6.07) is 5.62. The van der Waals surface area contributed by atoms with Crippen molar-refractivity contribution in [1.29, 1.82) is 0 Å². The van der Waals surface area contributed by atoms with E-state index in [0.29, 0.717) is 23.1 Å². The van der Waals surface area contributed by atoms with Crippen molar-refractivity contribution in [2.24, 2.45) is 0 Å². The second-order valence-corrected chi connectivity index (χ2v) is 5.47. The third-order valence-electron chi connectivity index (χ3n) is 2.68. The molecule has 0 amide bonds. The van der Waals surface area contributed by atoms with Crippen molar-refractivity contribution in [3.8, 4) is 0 Å². The molecule has 1 rings (SSSR count). The van der Waals surface area contributed by atoms with Crippen molar-refractivity contribution < 1.29 is 5.11 Å². The average molecular weight is 291 g/mol. The van der Waals surface area contributed by atoms with Crippen molar-refractivity contribution >= 4 is 23.2 Å². The van der Waals surface area contributed by atoms with E-state index in [-0.39, 0.29) is 6.04 Å². The van der Waals surface area contributed by atoms with Gasteiger partial charge in [0.1, 0.15) is 0 Å². The van der Waals surface area contributed by atoms with Gasteiger partial charge in [-0.25, -0.2) is 0 Å². The molecule has 2 N–H and O–H groups in total. The van der Waals surface area contributed by atoms with Crippen molar-refractivity contribution in [3.63, 3.8) is 0 Å². The Labute approximate surface area is 119 Å². The Morgan fingerprint density at radius 3 is 2.61 bits per heavy atom. The summed E-state index contributed by atoms with van der Waals surface area (Å²) < 4.78 is 0. The molecule has 0 radical (unpaired) electrons. The van der Waals surface area contributed by atoms with Crippen LogP contribution in [0, 0.1) is 0 Å². The third-order valence-corrected chi connectivity index (χ3v) is 3.52. The zero-order valence-electron chi connectivity index (χ0n) is 11.0. The van der Waals surface area contributed by atoms with E-state index in [0.717, 1.165) is 5.56 Å². The molecule has 0 saturated heterocycles. The molecule has 0 aliphatic heterocycles. The van der Waals surface area contributed by atoms with E-state index in [1.807, 2.05) is 38.1 Å². The standard InChI is InChI=1S/C13H20Cl2N2O/c1-9(16-7-10(18)8-17(2)3)11-5-4-6-12(14)13(11)15/h4-6,9-10,16,18H,7-8H2,1-3H3. The fraction of sp³-hybridized carbons (Fsp3) is 0.538. The van der Waals surface area contributed by atoms with Crippen LogP contribution in [0.5, 0.6) is 0 Å². The quantitative estimate of drug-likeness (QED) is 0.845. The second-order valence-electron chi connectivity index (χ2n) is 4.69. The molecule has 0 bridgehead atoms. The molecule has 2 unspecified atom stereocenters. The van der Waals surface area contributed by atoms with Gasteiger partial charge in [-0.15, -0.1) is 0 Å². The van der Waals surface area contributed by atoms with Gasteiger partial charge < -0.3 is 15.3 Å². The van der Waals surface area contributed by atoms with Crippen LogP contribution in [0.15, 0.2) is 18.2 Å². The Balaban J connectivity index is 2.55. The lowest BCUT2D eigenvalue weighted by Crippen LogP contribution is -2.36. The first-order chi connectivity index (χ1) is 8.41. The molecule has 2 atom stereocenters. The van der Waals surface area contributed by atoms with E-state index in [2.05, 4.69) is 5.32 Å². The SMILES string of the molecule is CC(NCC(O)CN(C)C)c1cccc(Cl)c1Cl. The van der Waals surface area contributed by atoms with Gasteiger partial charge in [-0.2, -0.15) is 0 Å². The number of halogens is 2. The summed E-state index contributed by atoms with van der Waals surface area (Å²) in [6.45, 7) is 3.14. The van der Waals surface area contributed by atoms with Crippen LogP contribution >= 0.6 is 23.2 Å². The number of benzene rings is 1. The third kappa shape index (κ3) is 4.75. The van der Waals surface area contributed by atoms with Crippen molar-refractivity contribution in [2.75, 3.05) is 27.2 Å². The van der Waals surface area contributed by atoms with Gasteiger partial charge in [0.25, 0.3) is 0 Å². The van der Waals surface area contributed by atoms with Gasteiger partial charge in [-0.3, -0.25) is 0 Å². The predicted molar refractivity (Wildman–Crippen MR) is 77.4 cm³/mol. The van der Waals surface area contributed by atoms with E-state index in [9.17, 15) is 5.11 Å². The maximum atomic E-state index is 9.78. The predicted octanol–water partition coefficient (Wildman–Crippen LogP) is 2.57. The largest absolute Gasteiger partial charge is 0.390 e. The minimum absolute atomic E-state index is 0.0491. The van der Waals surface area contributed by atoms with Crippen LogP contribution in [0.4, 0.5) is 0 Å². The van der Waals surface area contributed by atoms with E-state index in [4.69, 9.17) is 23.2 Å². The average Bonchev–Trinajstić information content (AvgIpc) is 2.29. The molecule has 102 valence electrons. The van der Waals surface area contributed by atoms with E-state index in [1.54, 1.807) is 6.07 Å². The summed E-state index contributed by atoms with van der Waals surface area (Å²) in [5.41, 5.74) is 0.946. The number of hydrogen-bond acceptors (Lipinski definition) is 3. The Morgan fingerprint density at radius 2 is 2.00 bits per heavy atom. The highest BCUT2D eigenvalue weighted by Gasteiger charge is 2.13. The van der Waals surface area contributed by atoms with Crippen LogP contribution in [0.3, 0.4) is 0 Å². The number of aliphatic hydroxyl groups is 1. The fourth-order valence-electron chi connectivity index (χ4n) is 1.76. The fourth-order valence-corrected chi connectivity index (χ4v) is 2.24. The monoisotopic (exact) mass is 290 g/mol. The van der Waals surface area contributed by atoms with Gasteiger partial charge in [0.2, 0.25) is 0 Å². The first kappa shape index (κ1) is 15.7. The molecule has 3 nitrogen and oxygen atoms in total. The Bertz CT molecular complexity index is 385. The first-order valence-electron chi connectivity index (χ1n) is 5.92. The summed E-state index contributed by atoms with van der Waals surface area (Å²) in [5.74, 6) is 0. The van der Waals surface area contributed by atoms with Crippen LogP contribution in [-0.4, -0.2) is 43.3 Å². The highest BCUT2D eigenvalue weighted by atomic mass is 35.5. The van der Waals surface area contributed by atoms with Crippen LogP contribution in [0.25, 0.3) is 0 Å². The highest BCUT2D eigenvalue weighted by Crippen LogP contribution is 2.29. The van der Waals surface area contributed by atoms with Gasteiger partial charge in [0, 0.05) is 19.1 Å². The van der Waals surface area contributed by atoms with Crippen molar-refractivity contribution in [3.05, 3.63) is 33.8 Å². The van der Waals surface area contributed by atoms with Crippen LogP contribution in [0.1, 0.15) is 18.5 Å². The van der Waals surface area contributed by atoms with Crippen LogP contribution in [0.2, 0.25) is 10.0 Å². The van der Waals surface area contributed by atoms with Gasteiger partial charge >= 0.3 is 0 Å². The number of nitrogens with one attached hydrogen (secondary N) is 1. The minimum Gasteiger partial charge on any atom is -0.390 e. The molecule has 1 aromatic rings. The molecule has 0 aliphatic carbocycles. The topological polar surface area (TPSA) is 35.5 Å². The lowest BCUT2D eigenvalue weighted by atomic mass is 10.1. The summed E-state index contributed by atoms with van der Waals surface area (Å²) in [4.78, 5) is 1.95. The molecule has 1 aromatic carbocycles. The Kier molecular flexibility index (Phi) is 6.39. The van der Waals surface area contributed by atoms with Gasteiger partial charge in [0.05, 0.1) is 16.1 Å². The molecule has 5 heteroatoms. The number of nitrogens with zero attached hydrogens (tertiary/aromatic N) is 1. The summed E-state index contributed by atoms with van der Waals surface area (Å²) in [7, 11) is 3.86. The van der Waals surface area contributed by atoms with Crippen molar-refractivity contribution in [2.45, 2.75) is 19.1 Å². The normalized spacial score (nSPS) is 14.8. The van der Waals surface area contributed by atoms with E-state index < -0.39 is 6.10 Å². The van der Waals surface area contributed by atoms with Crippen LogP contribution < -0.4 is 5.32 Å². The maximum absolute atomic E-state index is 9.78. The smallest absolute Gasteiger partial charge is 0.0791 e. The number of rotatable bonds is 6.